The summed E-state index contributed by atoms with van der Waals surface area (Å²) in [7, 11) is 2.10. The molecule has 135 valence electrons. The van der Waals surface area contributed by atoms with E-state index in [0.717, 1.165) is 11.3 Å². The molecule has 0 amide bonds. The second-order valence-corrected chi connectivity index (χ2v) is 8.18. The fourth-order valence-electron chi connectivity index (χ4n) is 2.98. The van der Waals surface area contributed by atoms with Crippen molar-refractivity contribution in [3.8, 4) is 0 Å². The number of benzene rings is 1. The fourth-order valence-corrected chi connectivity index (χ4v) is 2.98. The Kier molecular flexibility index (Phi) is 6.12. The average molecular weight is 340 g/mol. The van der Waals surface area contributed by atoms with Gasteiger partial charge < -0.3 is 0 Å². The van der Waals surface area contributed by atoms with Crippen molar-refractivity contribution >= 4 is 13.0 Å². The van der Waals surface area contributed by atoms with Crippen LogP contribution in [0, 0.1) is 0 Å². The first-order valence-electron chi connectivity index (χ1n) is 9.11. The second-order valence-electron chi connectivity index (χ2n) is 8.18. The van der Waals surface area contributed by atoms with Crippen LogP contribution >= 0.6 is 0 Å². The van der Waals surface area contributed by atoms with Crippen LogP contribution in [0.1, 0.15) is 72.1 Å². The van der Waals surface area contributed by atoms with E-state index in [4.69, 9.17) is 0 Å². The summed E-state index contributed by atoms with van der Waals surface area (Å²) in [5, 5.41) is 14.3. The van der Waals surface area contributed by atoms with E-state index in [1.165, 1.54) is 5.06 Å². The predicted octanol–water partition coefficient (Wildman–Crippen LogP) is 3.41. The summed E-state index contributed by atoms with van der Waals surface area (Å²) in [5.41, 5.74) is 1.61. The zero-order chi connectivity index (χ0) is 18.8. The molecule has 1 aromatic heterocycles. The molecule has 0 aliphatic rings. The number of hydroxylamine groups is 2. The maximum Gasteiger partial charge on any atom is 0.126 e. The molecule has 5 heteroatoms. The quantitative estimate of drug-likeness (QED) is 0.450. The highest BCUT2D eigenvalue weighted by Crippen LogP contribution is 2.25. The molecule has 2 rings (SSSR count). The molecule has 0 N–H and O–H groups in total. The van der Waals surface area contributed by atoms with Crippen LogP contribution in [0.25, 0.3) is 0 Å². The lowest BCUT2D eigenvalue weighted by molar-refractivity contribution is -0.699. The molecule has 0 saturated carbocycles. The highest BCUT2D eigenvalue weighted by molar-refractivity contribution is 6.52. The Morgan fingerprint density at radius 3 is 2.16 bits per heavy atom. The van der Waals surface area contributed by atoms with Crippen molar-refractivity contribution in [1.29, 1.82) is 0 Å². The minimum atomic E-state index is -0.477. The lowest BCUT2D eigenvalue weighted by Crippen LogP contribution is -2.58. The Labute approximate surface area is 153 Å². The molecule has 0 aliphatic carbocycles. The van der Waals surface area contributed by atoms with Gasteiger partial charge >= 0.3 is 0 Å². The van der Waals surface area contributed by atoms with Crippen molar-refractivity contribution in [2.24, 2.45) is 0 Å². The molecule has 1 heterocycles. The normalized spacial score (nSPS) is 13.9. The Hall–Kier alpha value is -1.59. The van der Waals surface area contributed by atoms with Gasteiger partial charge in [0.25, 0.3) is 0 Å². The van der Waals surface area contributed by atoms with Crippen LogP contribution < -0.4 is 10.3 Å². The molecular formula is C20H31BN3O. The maximum absolute atomic E-state index is 13.1. The Morgan fingerprint density at radius 2 is 1.68 bits per heavy atom. The van der Waals surface area contributed by atoms with Crippen LogP contribution in [0.5, 0.6) is 0 Å². The monoisotopic (exact) mass is 340 g/mol. The van der Waals surface area contributed by atoms with E-state index in [-0.39, 0.29) is 5.94 Å². The number of imidazole rings is 1. The minimum Gasteiger partial charge on any atom is -0.275 e. The van der Waals surface area contributed by atoms with Crippen LogP contribution in [-0.2, 0) is 5.21 Å². The van der Waals surface area contributed by atoms with Crippen LogP contribution in [-0.4, -0.2) is 22.4 Å². The first kappa shape index (κ1) is 19.7. The van der Waals surface area contributed by atoms with Crippen LogP contribution in [0.4, 0.5) is 0 Å². The van der Waals surface area contributed by atoms with E-state index in [2.05, 4.69) is 56.5 Å². The van der Waals surface area contributed by atoms with Crippen molar-refractivity contribution in [3.05, 3.63) is 48.3 Å². The molecule has 0 fully saturated rings. The summed E-state index contributed by atoms with van der Waals surface area (Å²) in [6, 6.07) is 10.7. The van der Waals surface area contributed by atoms with Crippen molar-refractivity contribution in [2.45, 2.75) is 72.0 Å². The predicted molar refractivity (Wildman–Crippen MR) is 102 cm³/mol. The number of nitrogens with zero attached hydrogens (tertiary/aromatic N) is 3. The molecule has 0 bridgehead atoms. The molecule has 3 radical (unpaired) electrons. The first-order chi connectivity index (χ1) is 11.6. The largest absolute Gasteiger partial charge is 0.275 e. The Bertz CT molecular complexity index is 648. The van der Waals surface area contributed by atoms with E-state index >= 15 is 0 Å². The zero-order valence-corrected chi connectivity index (χ0v) is 16.6. The van der Waals surface area contributed by atoms with Crippen LogP contribution in [0.2, 0.25) is 0 Å². The fraction of sp³-hybridized carbons (Fsp3) is 0.550. The van der Waals surface area contributed by atoms with E-state index in [9.17, 15) is 5.21 Å². The number of rotatable bonds is 6. The third-order valence-corrected chi connectivity index (χ3v) is 4.39. The molecule has 0 spiro atoms. The van der Waals surface area contributed by atoms with Crippen molar-refractivity contribution in [3.63, 3.8) is 0 Å². The topological polar surface area (TPSA) is 31.9 Å². The molecule has 25 heavy (non-hydrogen) atoms. The van der Waals surface area contributed by atoms with E-state index < -0.39 is 5.54 Å². The van der Waals surface area contributed by atoms with Gasteiger partial charge in [-0.1, -0.05) is 35.9 Å². The summed E-state index contributed by atoms with van der Waals surface area (Å²) in [5.74, 6) is -0.335. The molecule has 1 atom stereocenters. The van der Waals surface area contributed by atoms with E-state index in [0.29, 0.717) is 12.1 Å². The van der Waals surface area contributed by atoms with Gasteiger partial charge in [0.2, 0.25) is 0 Å². The smallest absolute Gasteiger partial charge is 0.126 e. The lowest BCUT2D eigenvalue weighted by Gasteiger charge is -2.41. The third kappa shape index (κ3) is 4.53. The Morgan fingerprint density at radius 1 is 1.08 bits per heavy atom. The highest BCUT2D eigenvalue weighted by atomic mass is 16.5. The van der Waals surface area contributed by atoms with Crippen molar-refractivity contribution < 1.29 is 9.77 Å². The van der Waals surface area contributed by atoms with Gasteiger partial charge in [0.05, 0.1) is 12.1 Å². The molecule has 0 saturated heterocycles. The van der Waals surface area contributed by atoms with Gasteiger partial charge in [-0.3, -0.25) is 9.13 Å². The third-order valence-electron chi connectivity index (χ3n) is 4.39. The second kappa shape index (κ2) is 7.75. The van der Waals surface area contributed by atoms with Crippen molar-refractivity contribution in [2.75, 3.05) is 0 Å². The van der Waals surface area contributed by atoms with Gasteiger partial charge in [-0.2, -0.15) is 12.3 Å². The van der Waals surface area contributed by atoms with Gasteiger partial charge in [0.15, 0.2) is 0 Å². The standard InChI is InChI=1S/C20H31BN3O/c1-15(2)22-13-14-23(16(3)4)19(22)21-18(24(25)20(5,6)7)17-11-9-8-10-12-17/h8-16,18H,1-7H3. The lowest BCUT2D eigenvalue weighted by atomic mass is 9.64. The van der Waals surface area contributed by atoms with Gasteiger partial charge in [-0.25, -0.2) is 0 Å². The Balaban J connectivity index is 2.49. The van der Waals surface area contributed by atoms with Gasteiger partial charge in [-0.15, -0.1) is 11.1 Å². The van der Waals surface area contributed by atoms with E-state index in [1.54, 1.807) is 0 Å². The molecule has 4 nitrogen and oxygen atoms in total. The molecule has 1 unspecified atom stereocenters. The zero-order valence-electron chi connectivity index (χ0n) is 16.6. The molecule has 1 aromatic carbocycles. The molecule has 2 aromatic rings. The van der Waals surface area contributed by atoms with Crippen LogP contribution in [0.15, 0.2) is 42.7 Å². The summed E-state index contributed by atoms with van der Waals surface area (Å²) in [6.45, 7) is 14.5. The molecule has 0 aliphatic heterocycles. The maximum atomic E-state index is 13.1. The number of aromatic nitrogens is 2. The average Bonchev–Trinajstić information content (AvgIpc) is 2.96. The van der Waals surface area contributed by atoms with E-state index in [1.807, 2.05) is 51.1 Å². The summed E-state index contributed by atoms with van der Waals surface area (Å²) < 4.78 is 4.46. The number of hydrogen-bond donors (Lipinski definition) is 0. The summed E-state index contributed by atoms with van der Waals surface area (Å²) in [6.07, 6.45) is 4.20. The van der Waals surface area contributed by atoms with Gasteiger partial charge in [-0.05, 0) is 48.5 Å². The summed E-state index contributed by atoms with van der Waals surface area (Å²) >= 11 is 0. The SMILES string of the molecule is CC(C)n1cc[n+](C(C)C)c1[B-]C(c1ccccc1)N([O])C(C)(C)C. The first-order valence-corrected chi connectivity index (χ1v) is 9.11. The van der Waals surface area contributed by atoms with Crippen LogP contribution in [0.3, 0.4) is 0 Å². The van der Waals surface area contributed by atoms with Gasteiger partial charge in [0, 0.05) is 11.3 Å². The minimum absolute atomic E-state index is 0.331. The highest BCUT2D eigenvalue weighted by Gasteiger charge is 2.26. The molecular weight excluding hydrogens is 309 g/mol. The summed E-state index contributed by atoms with van der Waals surface area (Å²) in [4.78, 5) is 0. The van der Waals surface area contributed by atoms with Crippen molar-refractivity contribution in [1.82, 2.24) is 9.63 Å². The van der Waals surface area contributed by atoms with Gasteiger partial charge in [0.1, 0.15) is 12.4 Å². The number of hydrogen-bond acceptors (Lipinski definition) is 1.